The van der Waals surface area contributed by atoms with Gasteiger partial charge in [-0.1, -0.05) is 23.5 Å². The van der Waals surface area contributed by atoms with Crippen LogP contribution >= 0.6 is 11.3 Å². The third-order valence-corrected chi connectivity index (χ3v) is 5.31. The van der Waals surface area contributed by atoms with E-state index in [0.29, 0.717) is 5.52 Å². The van der Waals surface area contributed by atoms with E-state index in [1.54, 1.807) is 6.07 Å². The van der Waals surface area contributed by atoms with Gasteiger partial charge in [0, 0.05) is 12.1 Å². The van der Waals surface area contributed by atoms with Gasteiger partial charge in [0.1, 0.15) is 0 Å². The molecule has 0 saturated heterocycles. The molecule has 112 valence electrons. The van der Waals surface area contributed by atoms with Crippen molar-refractivity contribution in [3.63, 3.8) is 0 Å². The SMILES string of the molecule is O=[N+]([O-])c1ccc(S(=O)(=O)Nc2nc3ccccc3s2)cc1. The van der Waals surface area contributed by atoms with Crippen LogP contribution in [0, 0.1) is 10.1 Å². The Balaban J connectivity index is 1.90. The van der Waals surface area contributed by atoms with Crippen LogP contribution in [0.2, 0.25) is 0 Å². The smallest absolute Gasteiger partial charge is 0.258 e. The lowest BCUT2D eigenvalue weighted by atomic mass is 10.3. The third kappa shape index (κ3) is 2.76. The number of rotatable bonds is 4. The molecule has 0 radical (unpaired) electrons. The summed E-state index contributed by atoms with van der Waals surface area (Å²) in [5.41, 5.74) is 0.535. The Kier molecular flexibility index (Phi) is 3.51. The Morgan fingerprint density at radius 1 is 1.09 bits per heavy atom. The summed E-state index contributed by atoms with van der Waals surface area (Å²) in [6, 6.07) is 12.0. The van der Waals surface area contributed by atoms with E-state index in [1.165, 1.54) is 23.5 Å². The number of aromatic nitrogens is 1. The lowest BCUT2D eigenvalue weighted by Crippen LogP contribution is -2.12. The van der Waals surface area contributed by atoms with Crippen molar-refractivity contribution in [2.75, 3.05) is 4.72 Å². The van der Waals surface area contributed by atoms with Crippen molar-refractivity contribution in [2.24, 2.45) is 0 Å². The minimum absolute atomic E-state index is 0.0580. The van der Waals surface area contributed by atoms with Crippen LogP contribution in [0.3, 0.4) is 0 Å². The number of benzene rings is 2. The highest BCUT2D eigenvalue weighted by Gasteiger charge is 2.17. The van der Waals surface area contributed by atoms with Crippen LogP contribution in [0.1, 0.15) is 0 Å². The van der Waals surface area contributed by atoms with Gasteiger partial charge in [-0.2, -0.15) is 0 Å². The minimum atomic E-state index is -3.83. The molecule has 1 aromatic heterocycles. The molecule has 0 aliphatic carbocycles. The molecule has 1 N–H and O–H groups in total. The quantitative estimate of drug-likeness (QED) is 0.583. The van der Waals surface area contributed by atoms with Crippen LogP contribution in [0.5, 0.6) is 0 Å². The number of para-hydroxylation sites is 1. The van der Waals surface area contributed by atoms with E-state index in [0.717, 1.165) is 16.8 Å². The maximum Gasteiger partial charge on any atom is 0.269 e. The second-order valence-corrected chi connectivity index (χ2v) is 7.06. The van der Waals surface area contributed by atoms with Crippen LogP contribution in [0.25, 0.3) is 10.2 Å². The zero-order valence-electron chi connectivity index (χ0n) is 11.0. The fourth-order valence-corrected chi connectivity index (χ4v) is 3.94. The fourth-order valence-electron chi connectivity index (χ4n) is 1.84. The zero-order chi connectivity index (χ0) is 15.7. The van der Waals surface area contributed by atoms with E-state index >= 15 is 0 Å². The molecule has 0 fully saturated rings. The monoisotopic (exact) mass is 335 g/mol. The van der Waals surface area contributed by atoms with Crippen molar-refractivity contribution >= 4 is 42.4 Å². The first-order valence-electron chi connectivity index (χ1n) is 6.08. The number of non-ortho nitro benzene ring substituents is 1. The Morgan fingerprint density at radius 3 is 2.41 bits per heavy atom. The maximum absolute atomic E-state index is 12.2. The molecular formula is C13H9N3O4S2. The molecule has 0 unspecified atom stereocenters. The number of thiazole rings is 1. The molecule has 3 aromatic rings. The Morgan fingerprint density at radius 2 is 1.77 bits per heavy atom. The Bertz CT molecular complexity index is 916. The van der Waals surface area contributed by atoms with Crippen molar-refractivity contribution < 1.29 is 13.3 Å². The van der Waals surface area contributed by atoms with Gasteiger partial charge in [-0.3, -0.25) is 14.8 Å². The van der Waals surface area contributed by atoms with Gasteiger partial charge in [-0.05, 0) is 24.3 Å². The first-order chi connectivity index (χ1) is 10.5. The minimum Gasteiger partial charge on any atom is -0.258 e. The first kappa shape index (κ1) is 14.4. The summed E-state index contributed by atoms with van der Waals surface area (Å²) in [5, 5.41) is 10.8. The summed E-state index contributed by atoms with van der Waals surface area (Å²) in [4.78, 5) is 14.1. The van der Waals surface area contributed by atoms with Crippen molar-refractivity contribution in [3.8, 4) is 0 Å². The number of fused-ring (bicyclic) bond motifs is 1. The maximum atomic E-state index is 12.2. The van der Waals surface area contributed by atoms with Gasteiger partial charge in [0.2, 0.25) is 0 Å². The van der Waals surface area contributed by atoms with Gasteiger partial charge in [-0.15, -0.1) is 0 Å². The molecule has 1 heterocycles. The first-order valence-corrected chi connectivity index (χ1v) is 8.38. The molecule has 0 atom stereocenters. The van der Waals surface area contributed by atoms with E-state index < -0.39 is 14.9 Å². The fraction of sp³-hybridized carbons (Fsp3) is 0. The summed E-state index contributed by atoms with van der Waals surface area (Å²) >= 11 is 1.22. The van der Waals surface area contributed by atoms with E-state index in [4.69, 9.17) is 0 Å². The number of nitro benzene ring substituents is 1. The summed E-state index contributed by atoms with van der Waals surface area (Å²) in [6.45, 7) is 0. The zero-order valence-corrected chi connectivity index (χ0v) is 12.6. The second kappa shape index (κ2) is 5.35. The summed E-state index contributed by atoms with van der Waals surface area (Å²) in [7, 11) is -3.83. The highest BCUT2D eigenvalue weighted by molar-refractivity contribution is 7.93. The van der Waals surface area contributed by atoms with E-state index in [-0.39, 0.29) is 15.7 Å². The Hall–Kier alpha value is -2.52. The number of hydrogen-bond acceptors (Lipinski definition) is 6. The van der Waals surface area contributed by atoms with Crippen molar-refractivity contribution in [1.82, 2.24) is 4.98 Å². The summed E-state index contributed by atoms with van der Waals surface area (Å²) < 4.78 is 27.7. The topological polar surface area (TPSA) is 102 Å². The summed E-state index contributed by atoms with van der Waals surface area (Å²) in [5.74, 6) is 0. The molecule has 3 rings (SSSR count). The lowest BCUT2D eigenvalue weighted by Gasteiger charge is -2.04. The van der Waals surface area contributed by atoms with Crippen LogP contribution < -0.4 is 4.72 Å². The number of hydrogen-bond donors (Lipinski definition) is 1. The van der Waals surface area contributed by atoms with E-state index in [1.807, 2.05) is 18.2 Å². The van der Waals surface area contributed by atoms with Gasteiger partial charge < -0.3 is 0 Å². The molecule has 22 heavy (non-hydrogen) atoms. The van der Waals surface area contributed by atoms with Gasteiger partial charge >= 0.3 is 0 Å². The number of sulfonamides is 1. The normalized spacial score (nSPS) is 11.5. The predicted octanol–water partition coefficient (Wildman–Crippen LogP) is 3.01. The van der Waals surface area contributed by atoms with Crippen LogP contribution in [0.15, 0.2) is 53.4 Å². The Labute approximate surface area is 129 Å². The lowest BCUT2D eigenvalue weighted by molar-refractivity contribution is -0.384. The van der Waals surface area contributed by atoms with Gasteiger partial charge in [0.25, 0.3) is 15.7 Å². The summed E-state index contributed by atoms with van der Waals surface area (Å²) in [6.07, 6.45) is 0. The van der Waals surface area contributed by atoms with E-state index in [2.05, 4.69) is 9.71 Å². The average molecular weight is 335 g/mol. The molecule has 0 aliphatic rings. The van der Waals surface area contributed by atoms with Crippen LogP contribution in [0.4, 0.5) is 10.8 Å². The second-order valence-electron chi connectivity index (χ2n) is 4.34. The highest BCUT2D eigenvalue weighted by atomic mass is 32.2. The highest BCUT2D eigenvalue weighted by Crippen LogP contribution is 2.27. The largest absolute Gasteiger partial charge is 0.269 e. The molecule has 7 nitrogen and oxygen atoms in total. The molecule has 2 aromatic carbocycles. The molecule has 0 aliphatic heterocycles. The molecule has 9 heteroatoms. The number of anilines is 1. The van der Waals surface area contributed by atoms with Crippen molar-refractivity contribution in [3.05, 3.63) is 58.6 Å². The predicted molar refractivity (Wildman–Crippen MR) is 83.5 cm³/mol. The molecule has 0 amide bonds. The third-order valence-electron chi connectivity index (χ3n) is 2.87. The average Bonchev–Trinajstić information content (AvgIpc) is 2.88. The van der Waals surface area contributed by atoms with Crippen LogP contribution in [-0.2, 0) is 10.0 Å². The molecule has 0 saturated carbocycles. The van der Waals surface area contributed by atoms with Crippen molar-refractivity contribution in [1.29, 1.82) is 0 Å². The van der Waals surface area contributed by atoms with Gasteiger partial charge in [0.15, 0.2) is 5.13 Å². The van der Waals surface area contributed by atoms with Crippen molar-refractivity contribution in [2.45, 2.75) is 4.90 Å². The standard InChI is InChI=1S/C13H9N3O4S2/c17-16(18)9-5-7-10(8-6-9)22(19,20)15-13-14-11-3-1-2-4-12(11)21-13/h1-8H,(H,14,15). The number of nitro groups is 1. The van der Waals surface area contributed by atoms with Gasteiger partial charge in [0.05, 0.1) is 20.0 Å². The number of nitrogens with one attached hydrogen (secondary N) is 1. The molecular weight excluding hydrogens is 326 g/mol. The van der Waals surface area contributed by atoms with Gasteiger partial charge in [-0.25, -0.2) is 13.4 Å². The molecule has 0 bridgehead atoms. The molecule has 0 spiro atoms. The number of nitrogens with zero attached hydrogens (tertiary/aromatic N) is 2. The van der Waals surface area contributed by atoms with E-state index in [9.17, 15) is 18.5 Å². The van der Waals surface area contributed by atoms with Crippen LogP contribution in [-0.4, -0.2) is 18.3 Å².